The summed E-state index contributed by atoms with van der Waals surface area (Å²) in [7, 11) is 1.48. The minimum Gasteiger partial charge on any atom is -0.497 e. The van der Waals surface area contributed by atoms with Gasteiger partial charge in [0, 0.05) is 5.56 Å². The number of aromatic nitrogens is 1. The van der Waals surface area contributed by atoms with E-state index in [-0.39, 0.29) is 24.1 Å². The maximum atomic E-state index is 12.1. The third kappa shape index (κ3) is 5.51. The first-order valence-corrected chi connectivity index (χ1v) is 8.80. The van der Waals surface area contributed by atoms with Crippen LogP contribution in [0.5, 0.6) is 5.75 Å². The largest absolute Gasteiger partial charge is 0.497 e. The van der Waals surface area contributed by atoms with E-state index in [1.807, 2.05) is 0 Å². The highest BCUT2D eigenvalue weighted by Gasteiger charge is 2.33. The zero-order valence-corrected chi connectivity index (χ0v) is 16.8. The second-order valence-electron chi connectivity index (χ2n) is 5.06. The Morgan fingerprint density at radius 1 is 1.25 bits per heavy atom. The van der Waals surface area contributed by atoms with Gasteiger partial charge in [0.25, 0.3) is 9.70 Å². The van der Waals surface area contributed by atoms with Crippen molar-refractivity contribution in [2.75, 3.05) is 19.0 Å². The number of nitrogens with one attached hydrogen (secondary N) is 2. The average Bonchev–Trinajstić information content (AvgIpc) is 3.05. The molecule has 3 amide bonds. The highest BCUT2D eigenvalue weighted by atomic mass is 35.6. The van der Waals surface area contributed by atoms with Crippen molar-refractivity contribution in [3.05, 3.63) is 30.0 Å². The molecule has 0 unspecified atom stereocenters. The fraction of sp³-hybridized carbons (Fsp3) is 0.250. The van der Waals surface area contributed by atoms with Gasteiger partial charge in [-0.15, -0.1) is 0 Å². The summed E-state index contributed by atoms with van der Waals surface area (Å²) in [5, 5.41) is 3.95. The first-order valence-electron chi connectivity index (χ1n) is 7.67. The van der Waals surface area contributed by atoms with Crippen molar-refractivity contribution in [2.45, 2.75) is 10.7 Å². The van der Waals surface area contributed by atoms with E-state index >= 15 is 0 Å². The normalized spacial score (nSPS) is 10.9. The van der Waals surface area contributed by atoms with Crippen LogP contribution in [-0.4, -0.2) is 40.4 Å². The molecule has 0 saturated carbocycles. The molecule has 28 heavy (non-hydrogen) atoms. The van der Waals surface area contributed by atoms with E-state index in [1.54, 1.807) is 36.5 Å². The van der Waals surface area contributed by atoms with Gasteiger partial charge in [-0.3, -0.25) is 15.4 Å². The van der Waals surface area contributed by atoms with E-state index < -0.39 is 21.7 Å². The molecule has 2 aromatic rings. The lowest BCUT2D eigenvalue weighted by molar-refractivity contribution is -0.119. The maximum absolute atomic E-state index is 12.1. The predicted octanol–water partition coefficient (Wildman–Crippen LogP) is 3.55. The number of ether oxygens (including phenoxy) is 2. The minimum atomic E-state index is -2.35. The Morgan fingerprint density at radius 2 is 1.96 bits per heavy atom. The molecule has 0 aliphatic rings. The quantitative estimate of drug-likeness (QED) is 0.528. The molecule has 0 radical (unpaired) electrons. The Morgan fingerprint density at radius 3 is 2.57 bits per heavy atom. The van der Waals surface area contributed by atoms with E-state index in [4.69, 9.17) is 48.7 Å². The number of rotatable bonds is 5. The van der Waals surface area contributed by atoms with Crippen LogP contribution in [0.4, 0.5) is 10.7 Å². The zero-order chi connectivity index (χ0) is 20.9. The molecule has 0 atom stereocenters. The minimum absolute atomic E-state index is 0.00459. The smallest absolute Gasteiger partial charge is 0.362 e. The molecule has 0 spiro atoms. The molecule has 12 heteroatoms. The number of carbonyl (C=O) groups excluding carboxylic acids is 3. The number of anilines is 1. The molecule has 1 heterocycles. The lowest BCUT2D eigenvalue weighted by atomic mass is 10.2. The monoisotopic (exact) mass is 449 g/mol. The molecule has 9 nitrogen and oxygen atoms in total. The third-order valence-electron chi connectivity index (χ3n) is 3.12. The Kier molecular flexibility index (Phi) is 7.11. The van der Waals surface area contributed by atoms with Crippen molar-refractivity contribution >= 4 is 58.6 Å². The number of halogens is 3. The molecule has 2 rings (SSSR count). The number of hydrogen-bond acceptors (Lipinski definition) is 7. The van der Waals surface area contributed by atoms with Gasteiger partial charge < -0.3 is 13.9 Å². The lowest BCUT2D eigenvalue weighted by Gasteiger charge is -2.10. The Labute approximate surface area is 174 Å². The van der Waals surface area contributed by atoms with E-state index in [1.165, 1.54) is 7.11 Å². The number of esters is 1. The van der Waals surface area contributed by atoms with Crippen molar-refractivity contribution in [1.29, 1.82) is 0 Å². The number of alkyl halides is 3. The maximum Gasteiger partial charge on any atom is 0.362 e. The van der Waals surface area contributed by atoms with Crippen LogP contribution in [0.25, 0.3) is 11.5 Å². The van der Waals surface area contributed by atoms with Crippen LogP contribution in [0.1, 0.15) is 17.4 Å². The van der Waals surface area contributed by atoms with Gasteiger partial charge in [0.15, 0.2) is 0 Å². The molecule has 0 aliphatic carbocycles. The summed E-state index contributed by atoms with van der Waals surface area (Å²) in [6, 6.07) is 5.54. The van der Waals surface area contributed by atoms with Gasteiger partial charge in [-0.05, 0) is 25.1 Å². The molecule has 1 aromatic carbocycles. The third-order valence-corrected chi connectivity index (χ3v) is 3.64. The number of nitrogens with zero attached hydrogens (tertiary/aromatic N) is 1. The number of amides is 3. The lowest BCUT2D eigenvalue weighted by Crippen LogP contribution is -2.41. The first kappa shape index (κ1) is 21.8. The molecular weight excluding hydrogens is 437 g/mol. The topological polar surface area (TPSA) is 120 Å². The first-order chi connectivity index (χ1) is 13.2. The van der Waals surface area contributed by atoms with E-state index in [0.29, 0.717) is 11.3 Å². The fourth-order valence-corrected chi connectivity index (χ4v) is 2.07. The summed E-state index contributed by atoms with van der Waals surface area (Å²) in [6.07, 6.45) is 0. The van der Waals surface area contributed by atoms with Crippen LogP contribution in [0, 0.1) is 0 Å². The fourth-order valence-electron chi connectivity index (χ4n) is 1.93. The molecule has 0 fully saturated rings. The second-order valence-corrected chi connectivity index (χ2v) is 7.34. The van der Waals surface area contributed by atoms with Gasteiger partial charge in [-0.2, -0.15) is 4.98 Å². The van der Waals surface area contributed by atoms with Crippen LogP contribution in [0.15, 0.2) is 28.7 Å². The summed E-state index contributed by atoms with van der Waals surface area (Å²) >= 11 is 16.2. The van der Waals surface area contributed by atoms with Crippen LogP contribution in [0.3, 0.4) is 0 Å². The molecule has 0 bridgehead atoms. The van der Waals surface area contributed by atoms with E-state index in [0.717, 1.165) is 0 Å². The number of carbonyl (C=O) groups is 3. The molecule has 150 valence electrons. The Balaban J connectivity index is 2.33. The van der Waals surface area contributed by atoms with Crippen LogP contribution in [0.2, 0.25) is 0 Å². The van der Waals surface area contributed by atoms with Gasteiger partial charge in [-0.1, -0.05) is 40.9 Å². The summed E-state index contributed by atoms with van der Waals surface area (Å²) in [6.45, 7) is 1.66. The van der Waals surface area contributed by atoms with Gasteiger partial charge in [-0.25, -0.2) is 9.59 Å². The second kappa shape index (κ2) is 9.13. The van der Waals surface area contributed by atoms with E-state index in [9.17, 15) is 14.4 Å². The SMILES string of the molecule is CCOC(=O)c1nc(-c2cccc(OC)c2)oc1NC(=O)NC(=O)C(Cl)(Cl)Cl. The summed E-state index contributed by atoms with van der Waals surface area (Å²) in [4.78, 5) is 39.7. The molecule has 2 N–H and O–H groups in total. The molecule has 1 aromatic heterocycles. The van der Waals surface area contributed by atoms with Gasteiger partial charge >= 0.3 is 12.0 Å². The van der Waals surface area contributed by atoms with Crippen LogP contribution < -0.4 is 15.4 Å². The Bertz CT molecular complexity index is 894. The number of imide groups is 1. The highest BCUT2D eigenvalue weighted by molar-refractivity contribution is 6.76. The van der Waals surface area contributed by atoms with Gasteiger partial charge in [0.2, 0.25) is 17.5 Å². The summed E-state index contributed by atoms with van der Waals surface area (Å²) < 4.78 is 13.1. The molecule has 0 saturated heterocycles. The highest BCUT2D eigenvalue weighted by Crippen LogP contribution is 2.29. The van der Waals surface area contributed by atoms with Gasteiger partial charge in [0.05, 0.1) is 13.7 Å². The zero-order valence-electron chi connectivity index (χ0n) is 14.5. The number of hydrogen-bond donors (Lipinski definition) is 2. The summed E-state index contributed by atoms with van der Waals surface area (Å²) in [5.41, 5.74) is 0.159. The average molecular weight is 451 g/mol. The Hall–Kier alpha value is -2.49. The van der Waals surface area contributed by atoms with Crippen LogP contribution >= 0.6 is 34.8 Å². The van der Waals surface area contributed by atoms with Crippen molar-refractivity contribution in [3.63, 3.8) is 0 Å². The predicted molar refractivity (Wildman–Crippen MR) is 102 cm³/mol. The number of benzene rings is 1. The van der Waals surface area contributed by atoms with Crippen molar-refractivity contribution in [1.82, 2.24) is 10.3 Å². The summed E-state index contributed by atoms with van der Waals surface area (Å²) in [5.74, 6) is -1.87. The van der Waals surface area contributed by atoms with Crippen molar-refractivity contribution in [2.24, 2.45) is 0 Å². The standard InChI is InChI=1S/C16H14Cl3N3O6/c1-3-27-13(23)10-12(21-15(25)22-14(24)16(17,18)19)28-11(20-10)8-5-4-6-9(7-8)26-2/h4-7H,3H2,1-2H3,(H2,21,22,24,25). The number of methoxy groups -OCH3 is 1. The molecular formula is C16H14Cl3N3O6. The van der Waals surface area contributed by atoms with E-state index in [2.05, 4.69) is 10.3 Å². The van der Waals surface area contributed by atoms with Crippen LogP contribution in [-0.2, 0) is 9.53 Å². The number of oxazole rings is 1. The van der Waals surface area contributed by atoms with Gasteiger partial charge in [0.1, 0.15) is 5.75 Å². The number of urea groups is 1. The van der Waals surface area contributed by atoms with Crippen molar-refractivity contribution in [3.8, 4) is 17.2 Å². The molecule has 0 aliphatic heterocycles. The van der Waals surface area contributed by atoms with Crippen molar-refractivity contribution < 1.29 is 28.3 Å².